The molecule has 0 aliphatic carbocycles. The lowest BCUT2D eigenvalue weighted by molar-refractivity contribution is -0.137. The Labute approximate surface area is 116 Å². The van der Waals surface area contributed by atoms with E-state index in [-0.39, 0.29) is 6.42 Å². The molecule has 0 heterocycles. The van der Waals surface area contributed by atoms with Crippen LogP contribution in [0.3, 0.4) is 0 Å². The van der Waals surface area contributed by atoms with Crippen LogP contribution in [0.2, 0.25) is 0 Å². The molecule has 0 amide bonds. The summed E-state index contributed by atoms with van der Waals surface area (Å²) in [4.78, 5) is 13.0. The van der Waals surface area contributed by atoms with Crippen LogP contribution in [0, 0.1) is 0 Å². The molecule has 0 aromatic heterocycles. The second-order valence-electron chi connectivity index (χ2n) is 4.79. The molecule has 0 radical (unpaired) electrons. The van der Waals surface area contributed by atoms with Crippen LogP contribution in [0.1, 0.15) is 50.8 Å². The number of carboxylic acids is 1. The van der Waals surface area contributed by atoms with Gasteiger partial charge in [-0.15, -0.1) is 0 Å². The number of hydrogen-bond acceptors (Lipinski definition) is 2. The lowest BCUT2D eigenvalue weighted by atomic mass is 10.00. The summed E-state index contributed by atoms with van der Waals surface area (Å²) < 4.78 is 0. The molecule has 1 rings (SSSR count). The highest BCUT2D eigenvalue weighted by molar-refractivity contribution is 5.66. The largest absolute Gasteiger partial charge is 0.481 e. The third kappa shape index (κ3) is 4.67. The van der Waals surface area contributed by atoms with Crippen LogP contribution in [0.25, 0.3) is 0 Å². The number of rotatable bonds is 8. The number of hydrogen-bond donors (Lipinski definition) is 1. The van der Waals surface area contributed by atoms with Crippen molar-refractivity contribution in [3.63, 3.8) is 0 Å². The number of carboxylic acid groups (broad SMARTS) is 1. The highest BCUT2D eigenvalue weighted by atomic mass is 16.4. The van der Waals surface area contributed by atoms with E-state index in [4.69, 9.17) is 5.11 Å². The van der Waals surface area contributed by atoms with Gasteiger partial charge in [0.05, 0.1) is 6.42 Å². The van der Waals surface area contributed by atoms with Crippen molar-refractivity contribution >= 4 is 5.97 Å². The van der Waals surface area contributed by atoms with Gasteiger partial charge in [-0.3, -0.25) is 9.69 Å². The number of carbonyl (C=O) groups is 1. The van der Waals surface area contributed by atoms with E-state index in [1.165, 1.54) is 11.1 Å². The number of nitrogens with zero attached hydrogens (tertiary/aromatic N) is 1. The molecular weight excluding hydrogens is 238 g/mol. The summed E-state index contributed by atoms with van der Waals surface area (Å²) in [5.74, 6) is -0.727. The highest BCUT2D eigenvalue weighted by Crippen LogP contribution is 2.24. The third-order valence-corrected chi connectivity index (χ3v) is 3.62. The van der Waals surface area contributed by atoms with Crippen molar-refractivity contribution in [3.8, 4) is 0 Å². The summed E-state index contributed by atoms with van der Waals surface area (Å²) >= 11 is 0. The second kappa shape index (κ2) is 7.95. The topological polar surface area (TPSA) is 40.5 Å². The maximum absolute atomic E-state index is 10.7. The predicted molar refractivity (Wildman–Crippen MR) is 78.4 cm³/mol. The molecule has 0 saturated carbocycles. The van der Waals surface area contributed by atoms with Crippen LogP contribution in [0.15, 0.2) is 24.3 Å². The fourth-order valence-corrected chi connectivity index (χ4v) is 2.45. The number of benzene rings is 1. The summed E-state index contributed by atoms with van der Waals surface area (Å²) in [6.07, 6.45) is 2.25. The van der Waals surface area contributed by atoms with Crippen molar-refractivity contribution < 1.29 is 9.90 Å². The van der Waals surface area contributed by atoms with E-state index in [9.17, 15) is 4.79 Å². The third-order valence-electron chi connectivity index (χ3n) is 3.62. The first-order chi connectivity index (χ1) is 9.12. The lowest BCUT2D eigenvalue weighted by Crippen LogP contribution is -2.30. The van der Waals surface area contributed by atoms with Crippen molar-refractivity contribution in [2.75, 3.05) is 13.1 Å². The molecule has 1 unspecified atom stereocenters. The van der Waals surface area contributed by atoms with Crippen molar-refractivity contribution in [2.24, 2.45) is 0 Å². The van der Waals surface area contributed by atoms with Crippen LogP contribution in [0.4, 0.5) is 0 Å². The minimum absolute atomic E-state index is 0.206. The highest BCUT2D eigenvalue weighted by Gasteiger charge is 2.17. The van der Waals surface area contributed by atoms with Gasteiger partial charge in [-0.2, -0.15) is 0 Å². The average Bonchev–Trinajstić information content (AvgIpc) is 2.43. The second-order valence-corrected chi connectivity index (χ2v) is 4.79. The minimum atomic E-state index is -0.727. The fraction of sp³-hybridized carbons (Fsp3) is 0.562. The Bertz CT molecular complexity index is 386. The predicted octanol–water partition coefficient (Wildman–Crippen LogP) is 3.50. The molecule has 1 aromatic carbocycles. The summed E-state index contributed by atoms with van der Waals surface area (Å²) in [6.45, 7) is 7.88. The SMILES string of the molecule is CCc1ccc(C(CC)N(CC)CCC(=O)O)cc1. The van der Waals surface area contributed by atoms with Crippen molar-refractivity contribution in [3.05, 3.63) is 35.4 Å². The average molecular weight is 263 g/mol. The molecule has 0 fully saturated rings. The summed E-state index contributed by atoms with van der Waals surface area (Å²) in [5.41, 5.74) is 2.62. The Hall–Kier alpha value is -1.35. The molecule has 106 valence electrons. The zero-order chi connectivity index (χ0) is 14.3. The van der Waals surface area contributed by atoms with Gasteiger partial charge in [0.2, 0.25) is 0 Å². The quantitative estimate of drug-likeness (QED) is 0.780. The van der Waals surface area contributed by atoms with E-state index in [2.05, 4.69) is 49.9 Å². The van der Waals surface area contributed by atoms with Gasteiger partial charge >= 0.3 is 5.97 Å². The zero-order valence-electron chi connectivity index (χ0n) is 12.2. The van der Waals surface area contributed by atoms with Crippen LogP contribution in [-0.2, 0) is 11.2 Å². The van der Waals surface area contributed by atoms with Crippen molar-refractivity contribution in [1.82, 2.24) is 4.90 Å². The summed E-state index contributed by atoms with van der Waals surface area (Å²) in [7, 11) is 0. The standard InChI is InChI=1S/C16H25NO2/c1-4-13-7-9-14(10-8-13)15(5-2)17(6-3)12-11-16(18)19/h7-10,15H,4-6,11-12H2,1-3H3,(H,18,19). The van der Waals surface area contributed by atoms with Gasteiger partial charge in [-0.1, -0.05) is 45.0 Å². The molecule has 0 saturated heterocycles. The summed E-state index contributed by atoms with van der Waals surface area (Å²) in [6, 6.07) is 9.01. The van der Waals surface area contributed by atoms with Crippen LogP contribution in [0.5, 0.6) is 0 Å². The molecule has 3 heteroatoms. The lowest BCUT2D eigenvalue weighted by Gasteiger charge is -2.30. The van der Waals surface area contributed by atoms with E-state index >= 15 is 0 Å². The van der Waals surface area contributed by atoms with Gasteiger partial charge < -0.3 is 5.11 Å². The molecule has 1 atom stereocenters. The monoisotopic (exact) mass is 263 g/mol. The first-order valence-electron chi connectivity index (χ1n) is 7.17. The van der Waals surface area contributed by atoms with Gasteiger partial charge in [0.1, 0.15) is 0 Å². The molecule has 1 aromatic rings. The smallest absolute Gasteiger partial charge is 0.304 e. The van der Waals surface area contributed by atoms with Crippen LogP contribution in [-0.4, -0.2) is 29.1 Å². The zero-order valence-corrected chi connectivity index (χ0v) is 12.2. The van der Waals surface area contributed by atoms with E-state index in [0.29, 0.717) is 12.6 Å². The molecule has 19 heavy (non-hydrogen) atoms. The summed E-state index contributed by atoms with van der Waals surface area (Å²) in [5, 5.41) is 8.82. The molecule has 0 aliphatic rings. The van der Waals surface area contributed by atoms with E-state index in [0.717, 1.165) is 19.4 Å². The molecular formula is C16H25NO2. The number of aryl methyl sites for hydroxylation is 1. The van der Waals surface area contributed by atoms with E-state index in [1.807, 2.05) is 0 Å². The van der Waals surface area contributed by atoms with E-state index < -0.39 is 5.97 Å². The fourth-order valence-electron chi connectivity index (χ4n) is 2.45. The Balaban J connectivity index is 2.80. The van der Waals surface area contributed by atoms with Crippen molar-refractivity contribution in [1.29, 1.82) is 0 Å². The minimum Gasteiger partial charge on any atom is -0.481 e. The van der Waals surface area contributed by atoms with E-state index in [1.54, 1.807) is 0 Å². The molecule has 3 nitrogen and oxygen atoms in total. The van der Waals surface area contributed by atoms with Crippen LogP contribution >= 0.6 is 0 Å². The van der Waals surface area contributed by atoms with Crippen LogP contribution < -0.4 is 0 Å². The van der Waals surface area contributed by atoms with Gasteiger partial charge in [0, 0.05) is 12.6 Å². The normalized spacial score (nSPS) is 12.6. The first kappa shape index (κ1) is 15.7. The van der Waals surface area contributed by atoms with Gasteiger partial charge in [-0.05, 0) is 30.5 Å². The Morgan fingerprint density at radius 1 is 1.21 bits per heavy atom. The molecule has 1 N–H and O–H groups in total. The molecule has 0 spiro atoms. The maximum Gasteiger partial charge on any atom is 0.304 e. The van der Waals surface area contributed by atoms with Gasteiger partial charge in [0.25, 0.3) is 0 Å². The Morgan fingerprint density at radius 3 is 2.26 bits per heavy atom. The Morgan fingerprint density at radius 2 is 1.84 bits per heavy atom. The molecule has 0 aliphatic heterocycles. The first-order valence-corrected chi connectivity index (χ1v) is 7.17. The van der Waals surface area contributed by atoms with Gasteiger partial charge in [0.15, 0.2) is 0 Å². The van der Waals surface area contributed by atoms with Gasteiger partial charge in [-0.25, -0.2) is 0 Å². The maximum atomic E-state index is 10.7. The van der Waals surface area contributed by atoms with Crippen molar-refractivity contribution in [2.45, 2.75) is 46.1 Å². The molecule has 0 bridgehead atoms. The number of aliphatic carboxylic acids is 1. The Kier molecular flexibility index (Phi) is 6.57.